The van der Waals surface area contributed by atoms with Crippen LogP contribution in [-0.4, -0.2) is 18.2 Å². The predicted octanol–water partition coefficient (Wildman–Crippen LogP) is 4.86. The lowest BCUT2D eigenvalue weighted by atomic mass is 9.91. The van der Waals surface area contributed by atoms with Crippen molar-refractivity contribution < 1.29 is 9.59 Å². The van der Waals surface area contributed by atoms with E-state index in [9.17, 15) is 9.59 Å². The summed E-state index contributed by atoms with van der Waals surface area (Å²) in [4.78, 5) is 26.0. The highest BCUT2D eigenvalue weighted by atomic mass is 16.2. The van der Waals surface area contributed by atoms with Crippen molar-refractivity contribution in [3.63, 3.8) is 0 Å². The quantitative estimate of drug-likeness (QED) is 0.771. The predicted molar refractivity (Wildman–Crippen MR) is 111 cm³/mol. The molecular formula is C23H28N2O2. The van der Waals surface area contributed by atoms with E-state index in [-0.39, 0.29) is 11.7 Å². The maximum Gasteiger partial charge on any atom is 0.227 e. The SMILES string of the molecule is CC(=O)c1c(C)cc(C)c(CNc2cccc(N3CCCC3=O)c2C)c1C. The van der Waals surface area contributed by atoms with Crippen LogP contribution in [0.4, 0.5) is 11.4 Å². The standard InChI is InChI=1S/C23H28N2O2/c1-14-12-15(2)23(18(5)26)16(3)19(14)13-24-20-8-6-9-21(17(20)4)25-11-7-10-22(25)27/h6,8-9,12,24H,7,10-11,13H2,1-5H3. The first-order valence-electron chi connectivity index (χ1n) is 9.55. The number of nitrogens with one attached hydrogen (secondary N) is 1. The topological polar surface area (TPSA) is 49.4 Å². The second-order valence-electron chi connectivity index (χ2n) is 7.50. The summed E-state index contributed by atoms with van der Waals surface area (Å²) in [7, 11) is 0. The van der Waals surface area contributed by atoms with Gasteiger partial charge in [-0.3, -0.25) is 9.59 Å². The normalized spacial score (nSPS) is 14.0. The Morgan fingerprint density at radius 2 is 1.85 bits per heavy atom. The number of ketones is 1. The molecule has 0 radical (unpaired) electrons. The summed E-state index contributed by atoms with van der Waals surface area (Å²) in [6, 6.07) is 8.14. The van der Waals surface area contributed by atoms with Gasteiger partial charge in [-0.1, -0.05) is 12.1 Å². The van der Waals surface area contributed by atoms with Gasteiger partial charge >= 0.3 is 0 Å². The molecule has 2 aromatic rings. The third kappa shape index (κ3) is 3.61. The zero-order chi connectivity index (χ0) is 19.7. The minimum Gasteiger partial charge on any atom is -0.381 e. The molecule has 2 aromatic carbocycles. The number of Topliss-reactive ketones (excluding diaryl/α,β-unsaturated/α-hetero) is 1. The van der Waals surface area contributed by atoms with Crippen LogP contribution in [0.1, 0.15) is 57.9 Å². The van der Waals surface area contributed by atoms with Gasteiger partial charge in [0.15, 0.2) is 5.78 Å². The third-order valence-corrected chi connectivity index (χ3v) is 5.61. The minimum absolute atomic E-state index is 0.108. The summed E-state index contributed by atoms with van der Waals surface area (Å²) >= 11 is 0. The average Bonchev–Trinajstić information content (AvgIpc) is 3.01. The lowest BCUT2D eigenvalue weighted by Crippen LogP contribution is -2.24. The Morgan fingerprint density at radius 1 is 1.11 bits per heavy atom. The number of nitrogens with zero attached hydrogens (tertiary/aromatic N) is 1. The minimum atomic E-state index is 0.108. The molecule has 1 fully saturated rings. The molecule has 4 nitrogen and oxygen atoms in total. The van der Waals surface area contributed by atoms with Gasteiger partial charge in [-0.05, 0) is 81.0 Å². The van der Waals surface area contributed by atoms with Crippen LogP contribution in [0, 0.1) is 27.7 Å². The number of carbonyl (C=O) groups excluding carboxylic acids is 2. The molecule has 0 aliphatic carbocycles. The molecule has 1 aliphatic rings. The van der Waals surface area contributed by atoms with E-state index in [1.165, 1.54) is 5.56 Å². The van der Waals surface area contributed by atoms with E-state index in [4.69, 9.17) is 0 Å². The largest absolute Gasteiger partial charge is 0.381 e. The molecule has 1 amide bonds. The van der Waals surface area contributed by atoms with E-state index in [2.05, 4.69) is 25.2 Å². The zero-order valence-electron chi connectivity index (χ0n) is 16.9. The van der Waals surface area contributed by atoms with Crippen molar-refractivity contribution in [3.05, 3.63) is 57.6 Å². The first-order valence-corrected chi connectivity index (χ1v) is 9.55. The van der Waals surface area contributed by atoms with Crippen molar-refractivity contribution in [2.75, 3.05) is 16.8 Å². The van der Waals surface area contributed by atoms with Crippen LogP contribution < -0.4 is 10.2 Å². The Hall–Kier alpha value is -2.62. The number of carbonyl (C=O) groups is 2. The number of hydrogen-bond acceptors (Lipinski definition) is 3. The number of rotatable bonds is 5. The first kappa shape index (κ1) is 19.2. The van der Waals surface area contributed by atoms with Gasteiger partial charge in [-0.25, -0.2) is 0 Å². The molecule has 1 N–H and O–H groups in total. The second kappa shape index (κ2) is 7.55. The fraction of sp³-hybridized carbons (Fsp3) is 0.391. The molecule has 0 atom stereocenters. The molecule has 4 heteroatoms. The Morgan fingerprint density at radius 3 is 2.48 bits per heavy atom. The van der Waals surface area contributed by atoms with Gasteiger partial charge in [-0.15, -0.1) is 0 Å². The van der Waals surface area contributed by atoms with Crippen LogP contribution in [0.25, 0.3) is 0 Å². The summed E-state index contributed by atoms with van der Waals surface area (Å²) in [6.45, 7) is 11.2. The second-order valence-corrected chi connectivity index (χ2v) is 7.50. The van der Waals surface area contributed by atoms with Gasteiger partial charge in [0, 0.05) is 36.4 Å². The van der Waals surface area contributed by atoms with Crippen molar-refractivity contribution in [2.45, 2.75) is 54.0 Å². The molecule has 1 aliphatic heterocycles. The van der Waals surface area contributed by atoms with Crippen LogP contribution >= 0.6 is 0 Å². The van der Waals surface area contributed by atoms with Crippen molar-refractivity contribution in [1.82, 2.24) is 0 Å². The molecule has 0 aromatic heterocycles. The summed E-state index contributed by atoms with van der Waals surface area (Å²) < 4.78 is 0. The van der Waals surface area contributed by atoms with E-state index in [1.807, 2.05) is 36.9 Å². The Kier molecular flexibility index (Phi) is 5.36. The summed E-state index contributed by atoms with van der Waals surface area (Å²) in [5, 5.41) is 3.53. The molecule has 0 bridgehead atoms. The van der Waals surface area contributed by atoms with E-state index in [1.54, 1.807) is 6.92 Å². The van der Waals surface area contributed by atoms with E-state index in [0.29, 0.717) is 13.0 Å². The van der Waals surface area contributed by atoms with Gasteiger partial charge in [0.25, 0.3) is 0 Å². The molecule has 27 heavy (non-hydrogen) atoms. The Balaban J connectivity index is 1.89. The maximum atomic E-state index is 12.1. The lowest BCUT2D eigenvalue weighted by molar-refractivity contribution is -0.117. The number of benzene rings is 2. The fourth-order valence-corrected chi connectivity index (χ4v) is 4.23. The van der Waals surface area contributed by atoms with E-state index < -0.39 is 0 Å². The third-order valence-electron chi connectivity index (χ3n) is 5.61. The molecule has 1 saturated heterocycles. The number of aryl methyl sites for hydroxylation is 2. The van der Waals surface area contributed by atoms with Crippen LogP contribution in [0.2, 0.25) is 0 Å². The molecule has 142 valence electrons. The Bertz CT molecular complexity index is 915. The molecule has 3 rings (SSSR count). The molecular weight excluding hydrogens is 336 g/mol. The van der Waals surface area contributed by atoms with Gasteiger partial charge in [0.2, 0.25) is 5.91 Å². The zero-order valence-corrected chi connectivity index (χ0v) is 16.9. The van der Waals surface area contributed by atoms with Crippen LogP contribution in [0.15, 0.2) is 24.3 Å². The lowest BCUT2D eigenvalue weighted by Gasteiger charge is -2.22. The molecule has 0 unspecified atom stereocenters. The smallest absolute Gasteiger partial charge is 0.227 e. The van der Waals surface area contributed by atoms with Crippen molar-refractivity contribution in [2.24, 2.45) is 0 Å². The van der Waals surface area contributed by atoms with Gasteiger partial charge < -0.3 is 10.2 Å². The highest BCUT2D eigenvalue weighted by molar-refractivity contribution is 5.98. The number of hydrogen-bond donors (Lipinski definition) is 1. The molecule has 1 heterocycles. The highest BCUT2D eigenvalue weighted by Crippen LogP contribution is 2.31. The maximum absolute atomic E-state index is 12.1. The summed E-state index contributed by atoms with van der Waals surface area (Å²) in [5.41, 5.74) is 8.36. The summed E-state index contributed by atoms with van der Waals surface area (Å²) in [5.74, 6) is 0.309. The highest BCUT2D eigenvalue weighted by Gasteiger charge is 2.23. The van der Waals surface area contributed by atoms with E-state index in [0.717, 1.165) is 52.2 Å². The van der Waals surface area contributed by atoms with Gasteiger partial charge in [0.05, 0.1) is 0 Å². The van der Waals surface area contributed by atoms with Crippen LogP contribution in [0.3, 0.4) is 0 Å². The van der Waals surface area contributed by atoms with Crippen LogP contribution in [-0.2, 0) is 11.3 Å². The van der Waals surface area contributed by atoms with Gasteiger partial charge in [-0.2, -0.15) is 0 Å². The van der Waals surface area contributed by atoms with Crippen molar-refractivity contribution >= 4 is 23.1 Å². The van der Waals surface area contributed by atoms with Gasteiger partial charge in [0.1, 0.15) is 0 Å². The van der Waals surface area contributed by atoms with Crippen LogP contribution in [0.5, 0.6) is 0 Å². The molecule has 0 spiro atoms. The Labute approximate surface area is 161 Å². The van der Waals surface area contributed by atoms with Crippen molar-refractivity contribution in [3.8, 4) is 0 Å². The number of anilines is 2. The first-order chi connectivity index (χ1) is 12.8. The fourth-order valence-electron chi connectivity index (χ4n) is 4.23. The van der Waals surface area contributed by atoms with E-state index >= 15 is 0 Å². The van der Waals surface area contributed by atoms with Crippen molar-refractivity contribution in [1.29, 1.82) is 0 Å². The monoisotopic (exact) mass is 364 g/mol. The average molecular weight is 364 g/mol. The number of amides is 1. The summed E-state index contributed by atoms with van der Waals surface area (Å²) in [6.07, 6.45) is 1.55. The molecule has 0 saturated carbocycles.